The molecule has 3 aromatic heterocycles. The molecule has 4 rings (SSSR count). The summed E-state index contributed by atoms with van der Waals surface area (Å²) in [5, 5.41) is 15.9. The van der Waals surface area contributed by atoms with Crippen molar-refractivity contribution in [3.8, 4) is 11.3 Å². The fraction of sp³-hybridized carbons (Fsp3) is 0.500. The van der Waals surface area contributed by atoms with E-state index in [1.165, 1.54) is 10.6 Å². The summed E-state index contributed by atoms with van der Waals surface area (Å²) in [5.74, 6) is 0.494. The number of hydrogen-bond donors (Lipinski definition) is 4. The van der Waals surface area contributed by atoms with Crippen LogP contribution in [0.15, 0.2) is 24.7 Å². The van der Waals surface area contributed by atoms with Crippen LogP contribution in [0.5, 0.6) is 0 Å². The van der Waals surface area contributed by atoms with E-state index in [9.17, 15) is 13.5 Å². The van der Waals surface area contributed by atoms with Gasteiger partial charge < -0.3 is 20.7 Å². The molecule has 1 unspecified atom stereocenters. The quantitative estimate of drug-likeness (QED) is 0.388. The number of aromatic amines is 1. The molecule has 0 spiro atoms. The summed E-state index contributed by atoms with van der Waals surface area (Å²) >= 11 is 0. The predicted molar refractivity (Wildman–Crippen MR) is 123 cm³/mol. The fourth-order valence-electron chi connectivity index (χ4n) is 3.84. The molecule has 0 radical (unpaired) electrons. The SMILES string of the molecule is CC[C@@H](CO)Nc1ncc(-c2cnc3[nH]ccc3n2)c(N(C2CCCNC2)S(C)(=O)=O)n1. The Hall–Kier alpha value is -2.83. The summed E-state index contributed by atoms with van der Waals surface area (Å²) in [6.45, 7) is 3.22. The van der Waals surface area contributed by atoms with Crippen LogP contribution in [0.3, 0.4) is 0 Å². The Labute approximate surface area is 186 Å². The van der Waals surface area contributed by atoms with Crippen LogP contribution >= 0.6 is 0 Å². The zero-order valence-corrected chi connectivity index (χ0v) is 18.9. The Morgan fingerprint density at radius 1 is 1.31 bits per heavy atom. The van der Waals surface area contributed by atoms with Gasteiger partial charge in [-0.1, -0.05) is 6.92 Å². The maximum absolute atomic E-state index is 13.0. The Morgan fingerprint density at radius 2 is 2.16 bits per heavy atom. The minimum absolute atomic E-state index is 0.0884. The van der Waals surface area contributed by atoms with Gasteiger partial charge in [-0.05, 0) is 31.9 Å². The second-order valence-corrected chi connectivity index (χ2v) is 9.75. The molecule has 11 nitrogen and oxygen atoms in total. The molecule has 4 N–H and O–H groups in total. The average molecular weight is 461 g/mol. The van der Waals surface area contributed by atoms with E-state index >= 15 is 0 Å². The number of aliphatic hydroxyl groups excluding tert-OH is 1. The van der Waals surface area contributed by atoms with Crippen LogP contribution in [-0.4, -0.2) is 76.5 Å². The maximum Gasteiger partial charge on any atom is 0.233 e. The third kappa shape index (κ3) is 4.66. The average Bonchev–Trinajstić information content (AvgIpc) is 3.25. The second kappa shape index (κ2) is 9.35. The molecule has 32 heavy (non-hydrogen) atoms. The zero-order valence-electron chi connectivity index (χ0n) is 18.1. The minimum atomic E-state index is -3.66. The molecular weight excluding hydrogens is 432 g/mol. The maximum atomic E-state index is 13.0. The molecule has 0 amide bonds. The summed E-state index contributed by atoms with van der Waals surface area (Å²) in [6, 6.07) is 1.27. The zero-order chi connectivity index (χ0) is 22.7. The molecule has 1 saturated heterocycles. The van der Waals surface area contributed by atoms with Gasteiger partial charge in [0.25, 0.3) is 0 Å². The molecular formula is C20H28N8O3S. The van der Waals surface area contributed by atoms with Crippen LogP contribution in [0.4, 0.5) is 11.8 Å². The van der Waals surface area contributed by atoms with Crippen LogP contribution in [0.25, 0.3) is 22.4 Å². The summed E-state index contributed by atoms with van der Waals surface area (Å²) in [5.41, 5.74) is 2.25. The molecule has 0 saturated carbocycles. The molecule has 1 fully saturated rings. The van der Waals surface area contributed by atoms with Gasteiger partial charge in [-0.25, -0.2) is 27.7 Å². The first kappa shape index (κ1) is 22.4. The topological polar surface area (TPSA) is 149 Å². The molecule has 0 aromatic carbocycles. The normalized spacial score (nSPS) is 17.9. The van der Waals surface area contributed by atoms with E-state index < -0.39 is 10.0 Å². The number of nitrogens with zero attached hydrogens (tertiary/aromatic N) is 5. The second-order valence-electron chi connectivity index (χ2n) is 7.89. The van der Waals surface area contributed by atoms with Crippen molar-refractivity contribution in [3.05, 3.63) is 24.7 Å². The third-order valence-electron chi connectivity index (χ3n) is 5.52. The van der Waals surface area contributed by atoms with Crippen molar-refractivity contribution in [1.29, 1.82) is 0 Å². The molecule has 4 heterocycles. The van der Waals surface area contributed by atoms with Gasteiger partial charge in [0.05, 0.1) is 42.4 Å². The van der Waals surface area contributed by atoms with E-state index in [-0.39, 0.29) is 30.5 Å². The number of H-pyrrole nitrogens is 1. The van der Waals surface area contributed by atoms with Crippen molar-refractivity contribution in [2.75, 3.05) is 35.6 Å². The lowest BCUT2D eigenvalue weighted by Gasteiger charge is -2.34. The van der Waals surface area contributed by atoms with Gasteiger partial charge >= 0.3 is 0 Å². The number of anilines is 2. The smallest absolute Gasteiger partial charge is 0.233 e. The van der Waals surface area contributed by atoms with Crippen LogP contribution in [0, 0.1) is 0 Å². The van der Waals surface area contributed by atoms with E-state index in [0.717, 1.165) is 13.0 Å². The highest BCUT2D eigenvalue weighted by molar-refractivity contribution is 7.92. The van der Waals surface area contributed by atoms with Gasteiger partial charge in [-0.2, -0.15) is 4.98 Å². The Bertz CT molecular complexity index is 1170. The first-order chi connectivity index (χ1) is 15.4. The van der Waals surface area contributed by atoms with Gasteiger partial charge in [0, 0.05) is 18.9 Å². The number of aromatic nitrogens is 5. The van der Waals surface area contributed by atoms with Gasteiger partial charge in [-0.3, -0.25) is 0 Å². The molecule has 1 aliphatic rings. The number of rotatable bonds is 8. The van der Waals surface area contributed by atoms with Crippen LogP contribution in [0.1, 0.15) is 26.2 Å². The van der Waals surface area contributed by atoms with Crippen molar-refractivity contribution >= 4 is 33.0 Å². The van der Waals surface area contributed by atoms with Crippen LogP contribution < -0.4 is 14.9 Å². The molecule has 2 atom stereocenters. The third-order valence-corrected chi connectivity index (χ3v) is 6.71. The van der Waals surface area contributed by atoms with E-state index in [1.54, 1.807) is 24.7 Å². The number of aliphatic hydroxyl groups is 1. The van der Waals surface area contributed by atoms with E-state index in [2.05, 4.69) is 35.6 Å². The molecule has 0 bridgehead atoms. The van der Waals surface area contributed by atoms with Crippen molar-refractivity contribution in [1.82, 2.24) is 30.2 Å². The molecule has 1 aliphatic heterocycles. The lowest BCUT2D eigenvalue weighted by atomic mass is 10.1. The van der Waals surface area contributed by atoms with Gasteiger partial charge in [-0.15, -0.1) is 0 Å². The summed E-state index contributed by atoms with van der Waals surface area (Å²) in [6.07, 6.45) is 8.30. The van der Waals surface area contributed by atoms with Gasteiger partial charge in [0.2, 0.25) is 16.0 Å². The molecule has 172 valence electrons. The fourth-order valence-corrected chi connectivity index (χ4v) is 5.02. The standard InChI is InChI=1S/C20H28N8O3S/c1-3-13(12-29)25-20-24-10-15(17-11-23-18-16(26-17)6-8-22-18)19(27-20)28(32(2,30)31)14-5-4-7-21-9-14/h6,8,10-11,13-14,21,29H,3-5,7,9,12H2,1-2H3,(H,22,23)(H,24,25,27)/t13-,14?/m0/s1. The van der Waals surface area contributed by atoms with Gasteiger partial charge in [0.1, 0.15) is 5.52 Å². The largest absolute Gasteiger partial charge is 0.394 e. The van der Waals surface area contributed by atoms with Crippen molar-refractivity contribution in [2.24, 2.45) is 0 Å². The predicted octanol–water partition coefficient (Wildman–Crippen LogP) is 1.12. The number of fused-ring (bicyclic) bond motifs is 1. The summed E-state index contributed by atoms with van der Waals surface area (Å²) in [7, 11) is -3.66. The molecule has 12 heteroatoms. The monoisotopic (exact) mass is 460 g/mol. The highest BCUT2D eigenvalue weighted by Crippen LogP contribution is 2.33. The highest BCUT2D eigenvalue weighted by atomic mass is 32.2. The number of piperidine rings is 1. The lowest BCUT2D eigenvalue weighted by molar-refractivity contribution is 0.271. The highest BCUT2D eigenvalue weighted by Gasteiger charge is 2.32. The van der Waals surface area contributed by atoms with Crippen LogP contribution in [0.2, 0.25) is 0 Å². The van der Waals surface area contributed by atoms with E-state index in [4.69, 9.17) is 0 Å². The summed E-state index contributed by atoms with van der Waals surface area (Å²) < 4.78 is 27.3. The number of hydrogen-bond acceptors (Lipinski definition) is 9. The first-order valence-corrected chi connectivity index (χ1v) is 12.5. The number of nitrogens with one attached hydrogen (secondary N) is 3. The van der Waals surface area contributed by atoms with E-state index in [1.807, 2.05) is 6.92 Å². The van der Waals surface area contributed by atoms with Crippen LogP contribution in [-0.2, 0) is 10.0 Å². The Morgan fingerprint density at radius 3 is 2.84 bits per heavy atom. The Balaban J connectivity index is 1.86. The molecule has 0 aliphatic carbocycles. The van der Waals surface area contributed by atoms with Crippen molar-refractivity contribution in [2.45, 2.75) is 38.3 Å². The van der Waals surface area contributed by atoms with Crippen molar-refractivity contribution < 1.29 is 13.5 Å². The minimum Gasteiger partial charge on any atom is -0.394 e. The van der Waals surface area contributed by atoms with Crippen molar-refractivity contribution in [3.63, 3.8) is 0 Å². The molecule has 3 aromatic rings. The van der Waals surface area contributed by atoms with Gasteiger partial charge in [0.15, 0.2) is 11.5 Å². The lowest BCUT2D eigenvalue weighted by Crippen LogP contribution is -2.49. The van der Waals surface area contributed by atoms with E-state index in [0.29, 0.717) is 41.8 Å². The Kier molecular flexibility index (Phi) is 6.53. The first-order valence-electron chi connectivity index (χ1n) is 10.7. The summed E-state index contributed by atoms with van der Waals surface area (Å²) in [4.78, 5) is 21.0. The number of sulfonamides is 1.